The monoisotopic (exact) mass is 298 g/mol. The molecule has 0 unspecified atom stereocenters. The number of aryl methyl sites for hydroxylation is 1. The molecular formula is C17H22N4O. The number of benzene rings is 1. The third-order valence-electron chi connectivity index (χ3n) is 3.62. The Morgan fingerprint density at radius 1 is 1.23 bits per heavy atom. The van der Waals surface area contributed by atoms with Crippen LogP contribution in [0.1, 0.15) is 39.4 Å². The summed E-state index contributed by atoms with van der Waals surface area (Å²) >= 11 is 0. The molecule has 116 valence electrons. The topological polar surface area (TPSA) is 66.0 Å². The molecule has 0 fully saturated rings. The Bertz CT molecular complexity index is 807. The highest BCUT2D eigenvalue weighted by Crippen LogP contribution is 2.28. The van der Waals surface area contributed by atoms with E-state index in [0.717, 1.165) is 47.0 Å². The van der Waals surface area contributed by atoms with Crippen molar-refractivity contribution in [2.75, 3.05) is 5.73 Å². The summed E-state index contributed by atoms with van der Waals surface area (Å²) in [5, 5.41) is 1.02. The van der Waals surface area contributed by atoms with Crippen molar-refractivity contribution in [1.82, 2.24) is 14.7 Å². The highest BCUT2D eigenvalue weighted by Gasteiger charge is 2.18. The van der Waals surface area contributed by atoms with Crippen LogP contribution in [-0.4, -0.2) is 20.8 Å². The number of fused-ring (bicyclic) bond motifs is 3. The van der Waals surface area contributed by atoms with Crippen LogP contribution in [0.3, 0.4) is 0 Å². The Morgan fingerprint density at radius 2 is 2.00 bits per heavy atom. The number of aromatic nitrogens is 3. The largest absolute Gasteiger partial charge is 0.409 e. The summed E-state index contributed by atoms with van der Waals surface area (Å²) in [6.07, 6.45) is 3.10. The van der Waals surface area contributed by atoms with E-state index in [1.54, 1.807) is 0 Å². The number of anilines is 1. The van der Waals surface area contributed by atoms with E-state index in [9.17, 15) is 0 Å². The molecule has 5 heteroatoms. The maximum absolute atomic E-state index is 6.12. The molecule has 5 nitrogen and oxygen atoms in total. The van der Waals surface area contributed by atoms with Crippen molar-refractivity contribution < 1.29 is 4.84 Å². The standard InChI is InChI=1S/C17H22N4O/c1-4-5-10-14-20-15-16(21(14)22-11(2)3)12-8-6-7-9-13(12)19-17(15)18/h6-9,11H,4-5,10H2,1-3H3,(H2,18,19). The van der Waals surface area contributed by atoms with Crippen LogP contribution in [0.15, 0.2) is 24.3 Å². The van der Waals surface area contributed by atoms with Gasteiger partial charge in [0.1, 0.15) is 23.0 Å². The molecule has 2 aromatic heterocycles. The van der Waals surface area contributed by atoms with Crippen LogP contribution in [-0.2, 0) is 6.42 Å². The Kier molecular flexibility index (Phi) is 3.88. The van der Waals surface area contributed by atoms with Gasteiger partial charge in [-0.25, -0.2) is 9.97 Å². The first kappa shape index (κ1) is 14.6. The molecule has 22 heavy (non-hydrogen) atoms. The number of hydrogen-bond donors (Lipinski definition) is 1. The van der Waals surface area contributed by atoms with Gasteiger partial charge in [0.2, 0.25) is 0 Å². The fourth-order valence-electron chi connectivity index (χ4n) is 2.64. The van der Waals surface area contributed by atoms with Crippen molar-refractivity contribution in [3.8, 4) is 0 Å². The molecule has 0 aliphatic heterocycles. The average Bonchev–Trinajstić information content (AvgIpc) is 2.84. The molecule has 0 saturated carbocycles. The van der Waals surface area contributed by atoms with Gasteiger partial charge in [0.25, 0.3) is 0 Å². The first-order valence-electron chi connectivity index (χ1n) is 7.84. The first-order valence-corrected chi connectivity index (χ1v) is 7.84. The van der Waals surface area contributed by atoms with Crippen molar-refractivity contribution in [2.24, 2.45) is 0 Å². The molecule has 0 spiro atoms. The molecule has 3 aromatic rings. The molecule has 0 bridgehead atoms. The predicted molar refractivity (Wildman–Crippen MR) is 89.8 cm³/mol. The molecular weight excluding hydrogens is 276 g/mol. The summed E-state index contributed by atoms with van der Waals surface area (Å²) in [7, 11) is 0. The van der Waals surface area contributed by atoms with E-state index in [1.807, 2.05) is 42.8 Å². The third-order valence-corrected chi connectivity index (χ3v) is 3.62. The maximum atomic E-state index is 6.12. The van der Waals surface area contributed by atoms with Gasteiger partial charge in [-0.2, -0.15) is 4.73 Å². The first-order chi connectivity index (χ1) is 10.6. The number of nitrogen functional groups attached to an aromatic ring is 1. The summed E-state index contributed by atoms with van der Waals surface area (Å²) in [4.78, 5) is 15.2. The quantitative estimate of drug-likeness (QED) is 0.784. The molecule has 0 radical (unpaired) electrons. The Labute approximate surface area is 130 Å². The second kappa shape index (κ2) is 5.83. The highest BCUT2D eigenvalue weighted by atomic mass is 16.7. The van der Waals surface area contributed by atoms with E-state index in [4.69, 9.17) is 15.6 Å². The number of nitrogens with two attached hydrogens (primary N) is 1. The van der Waals surface area contributed by atoms with E-state index >= 15 is 0 Å². The molecule has 3 rings (SSSR count). The number of rotatable bonds is 5. The fraction of sp³-hybridized carbons (Fsp3) is 0.412. The molecule has 0 aliphatic carbocycles. The minimum atomic E-state index is 0.0610. The van der Waals surface area contributed by atoms with Crippen molar-refractivity contribution in [3.05, 3.63) is 30.1 Å². The molecule has 0 amide bonds. The zero-order valence-corrected chi connectivity index (χ0v) is 13.3. The SMILES string of the molecule is CCCCc1nc2c(N)nc3ccccc3c2n1OC(C)C. The number of pyridine rings is 1. The normalized spacial score (nSPS) is 11.6. The second-order valence-electron chi connectivity index (χ2n) is 5.79. The van der Waals surface area contributed by atoms with E-state index in [2.05, 4.69) is 11.9 Å². The van der Waals surface area contributed by atoms with Gasteiger partial charge < -0.3 is 10.6 Å². The lowest BCUT2D eigenvalue weighted by Gasteiger charge is -2.14. The Morgan fingerprint density at radius 3 is 2.73 bits per heavy atom. The van der Waals surface area contributed by atoms with Gasteiger partial charge in [-0.05, 0) is 26.3 Å². The smallest absolute Gasteiger partial charge is 0.152 e. The van der Waals surface area contributed by atoms with Crippen LogP contribution < -0.4 is 10.6 Å². The van der Waals surface area contributed by atoms with Crippen LogP contribution in [0.4, 0.5) is 5.82 Å². The minimum absolute atomic E-state index is 0.0610. The third kappa shape index (κ3) is 2.47. The second-order valence-corrected chi connectivity index (χ2v) is 5.79. The van der Waals surface area contributed by atoms with Gasteiger partial charge in [0.05, 0.1) is 5.52 Å². The van der Waals surface area contributed by atoms with E-state index in [1.165, 1.54) is 0 Å². The van der Waals surface area contributed by atoms with Gasteiger partial charge in [-0.3, -0.25) is 0 Å². The fourth-order valence-corrected chi connectivity index (χ4v) is 2.64. The van der Waals surface area contributed by atoms with Gasteiger partial charge >= 0.3 is 0 Å². The average molecular weight is 298 g/mol. The highest BCUT2D eigenvalue weighted by molar-refractivity contribution is 6.06. The lowest BCUT2D eigenvalue weighted by atomic mass is 10.2. The summed E-state index contributed by atoms with van der Waals surface area (Å²) in [5.74, 6) is 1.37. The maximum Gasteiger partial charge on any atom is 0.152 e. The zero-order valence-electron chi connectivity index (χ0n) is 13.3. The van der Waals surface area contributed by atoms with Crippen molar-refractivity contribution in [3.63, 3.8) is 0 Å². The van der Waals surface area contributed by atoms with Gasteiger partial charge in [-0.1, -0.05) is 31.5 Å². The summed E-state index contributed by atoms with van der Waals surface area (Å²) in [5.41, 5.74) is 8.63. The molecule has 0 aliphatic rings. The number of para-hydroxylation sites is 1. The summed E-state index contributed by atoms with van der Waals surface area (Å²) < 4.78 is 1.86. The number of nitrogens with zero attached hydrogens (tertiary/aromatic N) is 3. The lowest BCUT2D eigenvalue weighted by Crippen LogP contribution is -2.21. The van der Waals surface area contributed by atoms with Crippen LogP contribution in [0.25, 0.3) is 21.9 Å². The minimum Gasteiger partial charge on any atom is -0.409 e. The van der Waals surface area contributed by atoms with Crippen LogP contribution in [0.2, 0.25) is 0 Å². The van der Waals surface area contributed by atoms with Crippen molar-refractivity contribution in [2.45, 2.75) is 46.1 Å². The zero-order chi connectivity index (χ0) is 15.7. The number of hydrogen-bond acceptors (Lipinski definition) is 4. The van der Waals surface area contributed by atoms with Gasteiger partial charge in [0.15, 0.2) is 5.82 Å². The number of imidazole rings is 1. The summed E-state index contributed by atoms with van der Waals surface area (Å²) in [6.45, 7) is 6.20. The molecule has 2 heterocycles. The van der Waals surface area contributed by atoms with E-state index in [0.29, 0.717) is 5.82 Å². The molecule has 0 atom stereocenters. The van der Waals surface area contributed by atoms with E-state index < -0.39 is 0 Å². The van der Waals surface area contributed by atoms with Crippen LogP contribution in [0, 0.1) is 0 Å². The number of unbranched alkanes of at least 4 members (excludes halogenated alkanes) is 1. The Balaban J connectivity index is 2.32. The predicted octanol–water partition coefficient (Wildman–Crippen LogP) is 3.35. The Hall–Kier alpha value is -2.30. The van der Waals surface area contributed by atoms with Gasteiger partial charge in [-0.15, -0.1) is 0 Å². The summed E-state index contributed by atoms with van der Waals surface area (Å²) in [6, 6.07) is 7.96. The van der Waals surface area contributed by atoms with Crippen LogP contribution in [0.5, 0.6) is 0 Å². The van der Waals surface area contributed by atoms with E-state index in [-0.39, 0.29) is 6.10 Å². The lowest BCUT2D eigenvalue weighted by molar-refractivity contribution is 0.0620. The van der Waals surface area contributed by atoms with Gasteiger partial charge in [0, 0.05) is 11.8 Å². The van der Waals surface area contributed by atoms with Crippen LogP contribution >= 0.6 is 0 Å². The molecule has 1 aromatic carbocycles. The molecule has 0 saturated heterocycles. The van der Waals surface area contributed by atoms with Crippen molar-refractivity contribution >= 4 is 27.8 Å². The van der Waals surface area contributed by atoms with Crippen molar-refractivity contribution in [1.29, 1.82) is 0 Å². The molecule has 2 N–H and O–H groups in total.